The molecule has 1 saturated carbocycles. The number of alkyl carbamates (subject to hydrolysis) is 1. The molecule has 16 heteroatoms. The lowest BCUT2D eigenvalue weighted by Gasteiger charge is -2.26. The standard InChI is InChI=1S/C29H38FN5O9S/c1-5-7-22(25(37)33-45(41,42)19-10-11-19)32-26(38)23-12-18(15-35(23)24(36)13-31-27(39)44-29(2,3)4)43-28(40)34-14-17-8-6-9-21(30)20(17)16-34/h5-6,8-9,18-19,22-23H,1,7,10-16H2,2-4H3,(H,31,39)(H,32,38)(H,33,37)/t18?,22-,23+/m1/s1. The summed E-state index contributed by atoms with van der Waals surface area (Å²) in [7, 11) is -3.90. The zero-order valence-electron chi connectivity index (χ0n) is 25.3. The van der Waals surface area contributed by atoms with E-state index in [1.165, 1.54) is 17.0 Å². The predicted molar refractivity (Wildman–Crippen MR) is 157 cm³/mol. The second-order valence-corrected chi connectivity index (χ2v) is 14.1. The van der Waals surface area contributed by atoms with E-state index < -0.39 is 81.3 Å². The molecule has 1 aliphatic carbocycles. The molecule has 0 spiro atoms. The van der Waals surface area contributed by atoms with E-state index in [2.05, 4.69) is 17.2 Å². The first kappa shape index (κ1) is 33.7. The molecule has 0 bridgehead atoms. The second kappa shape index (κ2) is 13.4. The fourth-order valence-electron chi connectivity index (χ4n) is 5.04. The highest BCUT2D eigenvalue weighted by Crippen LogP contribution is 2.29. The smallest absolute Gasteiger partial charge is 0.410 e. The van der Waals surface area contributed by atoms with E-state index in [-0.39, 0.29) is 32.5 Å². The Bertz CT molecular complexity index is 1470. The van der Waals surface area contributed by atoms with Crippen LogP contribution in [-0.2, 0) is 47.0 Å². The third-order valence-electron chi connectivity index (χ3n) is 7.36. The van der Waals surface area contributed by atoms with Gasteiger partial charge in [0.15, 0.2) is 0 Å². The van der Waals surface area contributed by atoms with Gasteiger partial charge in [-0.3, -0.25) is 24.0 Å². The molecule has 1 aromatic carbocycles. The summed E-state index contributed by atoms with van der Waals surface area (Å²) in [6, 6.07) is 1.97. The molecule has 2 heterocycles. The summed E-state index contributed by atoms with van der Waals surface area (Å²) < 4.78 is 51.6. The summed E-state index contributed by atoms with van der Waals surface area (Å²) in [4.78, 5) is 67.1. The number of fused-ring (bicyclic) bond motifs is 1. The summed E-state index contributed by atoms with van der Waals surface area (Å²) >= 11 is 0. The third-order valence-corrected chi connectivity index (χ3v) is 9.20. The van der Waals surface area contributed by atoms with Crippen molar-refractivity contribution in [3.05, 3.63) is 47.8 Å². The van der Waals surface area contributed by atoms with Crippen molar-refractivity contribution >= 4 is 39.9 Å². The van der Waals surface area contributed by atoms with Crippen LogP contribution in [-0.4, -0.2) is 90.3 Å². The second-order valence-electron chi connectivity index (χ2n) is 12.2. The molecule has 4 rings (SSSR count). The first-order valence-corrected chi connectivity index (χ1v) is 16.1. The highest BCUT2D eigenvalue weighted by Gasteiger charge is 2.44. The molecule has 3 aliphatic rings. The number of ether oxygens (including phenoxy) is 2. The van der Waals surface area contributed by atoms with Crippen LogP contribution in [0.4, 0.5) is 14.0 Å². The number of hydrogen-bond acceptors (Lipinski definition) is 9. The average Bonchev–Trinajstić information content (AvgIpc) is 3.59. The Hall–Kier alpha value is -4.21. The van der Waals surface area contributed by atoms with Crippen molar-refractivity contribution < 1.29 is 46.3 Å². The van der Waals surface area contributed by atoms with Gasteiger partial charge < -0.3 is 25.0 Å². The van der Waals surface area contributed by atoms with Gasteiger partial charge in [0.05, 0.1) is 18.3 Å². The molecule has 1 aromatic rings. The summed E-state index contributed by atoms with van der Waals surface area (Å²) in [5.74, 6) is -2.91. The van der Waals surface area contributed by atoms with Crippen LogP contribution in [0.25, 0.3) is 0 Å². The molecule has 2 fully saturated rings. The molecule has 0 radical (unpaired) electrons. The maximum Gasteiger partial charge on any atom is 0.410 e. The number of carbonyl (C=O) groups excluding carboxylic acids is 5. The van der Waals surface area contributed by atoms with E-state index in [0.717, 1.165) is 4.90 Å². The number of likely N-dealkylation sites (tertiary alicyclic amines) is 1. The molecular weight excluding hydrogens is 613 g/mol. The van der Waals surface area contributed by atoms with Gasteiger partial charge in [-0.25, -0.2) is 22.4 Å². The van der Waals surface area contributed by atoms with Crippen molar-refractivity contribution in [1.29, 1.82) is 0 Å². The molecule has 2 aliphatic heterocycles. The number of carbonyl (C=O) groups is 5. The largest absolute Gasteiger partial charge is 0.444 e. The van der Waals surface area contributed by atoms with Crippen LogP contribution < -0.4 is 15.4 Å². The fourth-order valence-corrected chi connectivity index (χ4v) is 6.38. The van der Waals surface area contributed by atoms with Crippen LogP contribution >= 0.6 is 0 Å². The van der Waals surface area contributed by atoms with Crippen molar-refractivity contribution in [2.24, 2.45) is 0 Å². The molecule has 3 atom stereocenters. The van der Waals surface area contributed by atoms with Crippen molar-refractivity contribution in [2.75, 3.05) is 13.1 Å². The zero-order chi connectivity index (χ0) is 33.1. The number of hydrogen-bond donors (Lipinski definition) is 3. The number of halogens is 1. The SMILES string of the molecule is C=CC[C@@H](NC(=O)[C@@H]1CC(OC(=O)N2Cc3cccc(F)c3C2)CN1C(=O)CNC(=O)OC(C)(C)C)C(=O)NS(=O)(=O)C1CC1. The van der Waals surface area contributed by atoms with E-state index in [9.17, 15) is 36.8 Å². The van der Waals surface area contributed by atoms with Gasteiger partial charge in [0, 0.05) is 18.5 Å². The maximum atomic E-state index is 14.2. The van der Waals surface area contributed by atoms with Crippen molar-refractivity contribution in [2.45, 2.75) is 88.6 Å². The monoisotopic (exact) mass is 651 g/mol. The first-order valence-electron chi connectivity index (χ1n) is 14.5. The number of nitrogens with zero attached hydrogens (tertiary/aromatic N) is 2. The van der Waals surface area contributed by atoms with Gasteiger partial charge in [0.1, 0.15) is 36.2 Å². The minimum atomic E-state index is -3.90. The number of amides is 5. The summed E-state index contributed by atoms with van der Waals surface area (Å²) in [6.07, 6.45) is -0.681. The van der Waals surface area contributed by atoms with Gasteiger partial charge in [-0.05, 0) is 51.7 Å². The quantitative estimate of drug-likeness (QED) is 0.316. The number of nitrogens with one attached hydrogen (secondary N) is 3. The van der Waals surface area contributed by atoms with Gasteiger partial charge in [-0.2, -0.15) is 0 Å². The average molecular weight is 652 g/mol. The van der Waals surface area contributed by atoms with Crippen molar-refractivity contribution in [3.63, 3.8) is 0 Å². The van der Waals surface area contributed by atoms with Crippen molar-refractivity contribution in [1.82, 2.24) is 25.2 Å². The lowest BCUT2D eigenvalue weighted by Crippen LogP contribution is -2.54. The Morgan fingerprint density at radius 1 is 1.16 bits per heavy atom. The van der Waals surface area contributed by atoms with Gasteiger partial charge >= 0.3 is 12.2 Å². The molecule has 3 N–H and O–H groups in total. The van der Waals surface area contributed by atoms with Crippen molar-refractivity contribution in [3.8, 4) is 0 Å². The minimum Gasteiger partial charge on any atom is -0.444 e. The van der Waals surface area contributed by atoms with Crippen LogP contribution in [0.2, 0.25) is 0 Å². The van der Waals surface area contributed by atoms with E-state index in [4.69, 9.17) is 9.47 Å². The molecule has 1 unspecified atom stereocenters. The van der Waals surface area contributed by atoms with E-state index in [0.29, 0.717) is 24.0 Å². The van der Waals surface area contributed by atoms with Crippen LogP contribution in [0, 0.1) is 5.82 Å². The minimum absolute atomic E-state index is 0.0119. The van der Waals surface area contributed by atoms with E-state index in [1.807, 2.05) is 4.72 Å². The normalized spacial score (nSPS) is 20.1. The number of benzene rings is 1. The lowest BCUT2D eigenvalue weighted by atomic mass is 10.1. The van der Waals surface area contributed by atoms with Crippen LogP contribution in [0.15, 0.2) is 30.9 Å². The molecule has 5 amide bonds. The van der Waals surface area contributed by atoms with Crippen LogP contribution in [0.3, 0.4) is 0 Å². The van der Waals surface area contributed by atoms with Gasteiger partial charge in [-0.1, -0.05) is 18.2 Å². The summed E-state index contributed by atoms with van der Waals surface area (Å²) in [5, 5.41) is 4.15. The van der Waals surface area contributed by atoms with Gasteiger partial charge in [0.2, 0.25) is 21.8 Å². The van der Waals surface area contributed by atoms with Crippen LogP contribution in [0.5, 0.6) is 0 Å². The Morgan fingerprint density at radius 3 is 2.49 bits per heavy atom. The van der Waals surface area contributed by atoms with E-state index >= 15 is 0 Å². The lowest BCUT2D eigenvalue weighted by molar-refractivity contribution is -0.138. The molecule has 1 saturated heterocycles. The predicted octanol–water partition coefficient (Wildman–Crippen LogP) is 1.44. The zero-order valence-corrected chi connectivity index (χ0v) is 26.2. The number of rotatable bonds is 10. The molecule has 45 heavy (non-hydrogen) atoms. The van der Waals surface area contributed by atoms with Gasteiger partial charge in [0.25, 0.3) is 5.91 Å². The number of sulfonamides is 1. The molecular formula is C29H38FN5O9S. The highest BCUT2D eigenvalue weighted by molar-refractivity contribution is 7.90. The molecule has 0 aromatic heterocycles. The highest BCUT2D eigenvalue weighted by atomic mass is 32.2. The third kappa shape index (κ3) is 8.71. The van der Waals surface area contributed by atoms with Gasteiger partial charge in [-0.15, -0.1) is 6.58 Å². The Kier molecular flexibility index (Phi) is 10.0. The Morgan fingerprint density at radius 2 is 1.87 bits per heavy atom. The fraction of sp³-hybridized carbons (Fsp3) is 0.552. The topological polar surface area (TPSA) is 181 Å². The van der Waals surface area contributed by atoms with Crippen LogP contribution in [0.1, 0.15) is 57.6 Å². The summed E-state index contributed by atoms with van der Waals surface area (Å²) in [5.41, 5.74) is 0.184. The maximum absolute atomic E-state index is 14.2. The first-order chi connectivity index (χ1) is 21.1. The molecule has 14 nitrogen and oxygen atoms in total. The Labute approximate surface area is 260 Å². The van der Waals surface area contributed by atoms with E-state index in [1.54, 1.807) is 32.9 Å². The Balaban J connectivity index is 1.45. The summed E-state index contributed by atoms with van der Waals surface area (Å²) in [6.45, 7) is 7.84. The molecule has 246 valence electrons.